The van der Waals surface area contributed by atoms with Gasteiger partial charge in [-0.2, -0.15) is 0 Å². The van der Waals surface area contributed by atoms with Gasteiger partial charge in [0, 0.05) is 19.0 Å². The molecule has 0 bridgehead atoms. The highest BCUT2D eigenvalue weighted by molar-refractivity contribution is 5.66. The summed E-state index contributed by atoms with van der Waals surface area (Å²) in [5.41, 5.74) is 0. The molecule has 0 spiro atoms. The zero-order chi connectivity index (χ0) is 14.2. The van der Waals surface area contributed by atoms with E-state index in [0.717, 1.165) is 25.4 Å². The van der Waals surface area contributed by atoms with Gasteiger partial charge in [0.25, 0.3) is 0 Å². The van der Waals surface area contributed by atoms with E-state index in [9.17, 15) is 4.79 Å². The van der Waals surface area contributed by atoms with E-state index in [-0.39, 0.29) is 0 Å². The average molecular weight is 282 g/mol. The summed E-state index contributed by atoms with van der Waals surface area (Å²) in [6.07, 6.45) is 10.4. The normalized spacial score (nSPS) is 26.3. The highest BCUT2D eigenvalue weighted by atomic mass is 16.4. The van der Waals surface area contributed by atoms with Crippen LogP contribution >= 0.6 is 0 Å². The second-order valence-corrected chi connectivity index (χ2v) is 6.40. The van der Waals surface area contributed by atoms with Crippen LogP contribution in [0.4, 0.5) is 0 Å². The predicted molar refractivity (Wildman–Crippen MR) is 81.0 cm³/mol. The topological polar surface area (TPSA) is 43.8 Å². The van der Waals surface area contributed by atoms with Crippen molar-refractivity contribution >= 4 is 5.97 Å². The van der Waals surface area contributed by atoms with Crippen LogP contribution in [-0.4, -0.2) is 59.6 Å². The van der Waals surface area contributed by atoms with Gasteiger partial charge in [0.1, 0.15) is 0 Å². The van der Waals surface area contributed by atoms with Crippen LogP contribution in [0.3, 0.4) is 0 Å². The van der Waals surface area contributed by atoms with Crippen LogP contribution in [-0.2, 0) is 4.79 Å². The lowest BCUT2D eigenvalue weighted by Gasteiger charge is -2.39. The highest BCUT2D eigenvalue weighted by Crippen LogP contribution is 2.20. The van der Waals surface area contributed by atoms with Crippen molar-refractivity contribution in [2.24, 2.45) is 0 Å². The molecule has 1 N–H and O–H groups in total. The molecule has 0 aromatic heterocycles. The number of hydrogen-bond acceptors (Lipinski definition) is 3. The molecule has 2 rings (SSSR count). The van der Waals surface area contributed by atoms with Gasteiger partial charge in [-0.3, -0.25) is 9.69 Å². The van der Waals surface area contributed by atoms with Crippen LogP contribution in [0, 0.1) is 0 Å². The molecule has 0 aromatic carbocycles. The molecule has 0 aliphatic carbocycles. The van der Waals surface area contributed by atoms with Gasteiger partial charge in [-0.05, 0) is 64.7 Å². The first-order chi connectivity index (χ1) is 9.75. The second-order valence-electron chi connectivity index (χ2n) is 6.40. The third kappa shape index (κ3) is 5.41. The standard InChI is InChI=1S/C16H30N2O2/c19-16(20)9-3-6-10-17-11-7-8-15(14-17)18-12-4-1-2-5-13-18/h15H,1-14H2,(H,19,20). The van der Waals surface area contributed by atoms with Gasteiger partial charge in [-0.1, -0.05) is 12.8 Å². The van der Waals surface area contributed by atoms with Crippen LogP contribution in [0.1, 0.15) is 57.8 Å². The molecule has 0 saturated carbocycles. The maximum absolute atomic E-state index is 10.5. The average Bonchev–Trinajstić information content (AvgIpc) is 2.73. The quantitative estimate of drug-likeness (QED) is 0.761. The van der Waals surface area contributed by atoms with E-state index in [4.69, 9.17) is 5.11 Å². The zero-order valence-corrected chi connectivity index (χ0v) is 12.7. The summed E-state index contributed by atoms with van der Waals surface area (Å²) in [4.78, 5) is 15.8. The Labute approximate surface area is 123 Å². The van der Waals surface area contributed by atoms with Crippen molar-refractivity contribution in [3.63, 3.8) is 0 Å². The van der Waals surface area contributed by atoms with E-state index in [0.29, 0.717) is 6.42 Å². The Bertz CT molecular complexity index is 288. The molecule has 0 amide bonds. The fourth-order valence-electron chi connectivity index (χ4n) is 3.60. The van der Waals surface area contributed by atoms with Crippen molar-refractivity contribution in [1.82, 2.24) is 9.80 Å². The summed E-state index contributed by atoms with van der Waals surface area (Å²) < 4.78 is 0. The van der Waals surface area contributed by atoms with Crippen molar-refractivity contribution in [2.75, 3.05) is 32.7 Å². The first kappa shape index (κ1) is 15.8. The third-order valence-electron chi connectivity index (χ3n) is 4.75. The molecular formula is C16H30N2O2. The van der Waals surface area contributed by atoms with Crippen LogP contribution in [0.5, 0.6) is 0 Å². The summed E-state index contributed by atoms with van der Waals surface area (Å²) in [6.45, 7) is 6.07. The molecule has 0 aromatic rings. The Balaban J connectivity index is 1.69. The Hall–Kier alpha value is -0.610. The third-order valence-corrected chi connectivity index (χ3v) is 4.75. The molecule has 4 nitrogen and oxygen atoms in total. The van der Waals surface area contributed by atoms with Gasteiger partial charge in [0.15, 0.2) is 0 Å². The molecule has 20 heavy (non-hydrogen) atoms. The molecule has 2 aliphatic heterocycles. The van der Waals surface area contributed by atoms with E-state index < -0.39 is 5.97 Å². The lowest BCUT2D eigenvalue weighted by Crippen LogP contribution is -2.48. The summed E-state index contributed by atoms with van der Waals surface area (Å²) in [5.74, 6) is -0.661. The molecule has 2 saturated heterocycles. The van der Waals surface area contributed by atoms with Gasteiger partial charge in [-0.25, -0.2) is 0 Å². The maximum atomic E-state index is 10.5. The number of piperidine rings is 1. The SMILES string of the molecule is O=C(O)CCCCN1CCCC(N2CCCCCC2)C1. The monoisotopic (exact) mass is 282 g/mol. The summed E-state index contributed by atoms with van der Waals surface area (Å²) >= 11 is 0. The van der Waals surface area contributed by atoms with Gasteiger partial charge < -0.3 is 10.0 Å². The van der Waals surface area contributed by atoms with Crippen molar-refractivity contribution < 1.29 is 9.90 Å². The molecular weight excluding hydrogens is 252 g/mol. The Morgan fingerprint density at radius 3 is 2.45 bits per heavy atom. The molecule has 2 aliphatic rings. The number of carboxylic acids is 1. The van der Waals surface area contributed by atoms with E-state index >= 15 is 0 Å². The molecule has 0 radical (unpaired) electrons. The van der Waals surface area contributed by atoms with Crippen LogP contribution in [0.15, 0.2) is 0 Å². The Kier molecular flexibility index (Phi) is 6.80. The molecule has 2 fully saturated rings. The first-order valence-electron chi connectivity index (χ1n) is 8.44. The smallest absolute Gasteiger partial charge is 0.303 e. The minimum Gasteiger partial charge on any atom is -0.481 e. The lowest BCUT2D eigenvalue weighted by atomic mass is 10.0. The molecule has 4 heteroatoms. The lowest BCUT2D eigenvalue weighted by molar-refractivity contribution is -0.137. The van der Waals surface area contributed by atoms with E-state index in [1.165, 1.54) is 64.7 Å². The minimum absolute atomic E-state index is 0.323. The van der Waals surface area contributed by atoms with Crippen molar-refractivity contribution in [2.45, 2.75) is 63.8 Å². The Morgan fingerprint density at radius 2 is 1.75 bits per heavy atom. The van der Waals surface area contributed by atoms with Crippen LogP contribution in [0.25, 0.3) is 0 Å². The van der Waals surface area contributed by atoms with Gasteiger partial charge in [-0.15, -0.1) is 0 Å². The summed E-state index contributed by atoms with van der Waals surface area (Å²) in [5, 5.41) is 8.67. The molecule has 1 unspecified atom stereocenters. The Morgan fingerprint density at radius 1 is 1.00 bits per heavy atom. The fourth-order valence-corrected chi connectivity index (χ4v) is 3.60. The van der Waals surface area contributed by atoms with Crippen molar-refractivity contribution in [1.29, 1.82) is 0 Å². The van der Waals surface area contributed by atoms with E-state index in [1.54, 1.807) is 0 Å². The molecule has 116 valence electrons. The number of carboxylic acid groups (broad SMARTS) is 1. The number of nitrogens with zero attached hydrogens (tertiary/aromatic N) is 2. The number of aliphatic carboxylic acids is 1. The van der Waals surface area contributed by atoms with Crippen molar-refractivity contribution in [3.05, 3.63) is 0 Å². The first-order valence-corrected chi connectivity index (χ1v) is 8.44. The molecule has 1 atom stereocenters. The van der Waals surface area contributed by atoms with E-state index in [2.05, 4.69) is 9.80 Å². The summed E-state index contributed by atoms with van der Waals surface area (Å²) in [7, 11) is 0. The maximum Gasteiger partial charge on any atom is 0.303 e. The highest BCUT2D eigenvalue weighted by Gasteiger charge is 2.25. The number of rotatable bonds is 6. The van der Waals surface area contributed by atoms with Gasteiger partial charge >= 0.3 is 5.97 Å². The summed E-state index contributed by atoms with van der Waals surface area (Å²) in [6, 6.07) is 0.751. The van der Waals surface area contributed by atoms with Gasteiger partial charge in [0.2, 0.25) is 0 Å². The van der Waals surface area contributed by atoms with E-state index in [1.807, 2.05) is 0 Å². The fraction of sp³-hybridized carbons (Fsp3) is 0.938. The zero-order valence-electron chi connectivity index (χ0n) is 12.7. The number of hydrogen-bond donors (Lipinski definition) is 1. The number of likely N-dealkylation sites (tertiary alicyclic amines) is 2. The number of carbonyl (C=O) groups is 1. The largest absolute Gasteiger partial charge is 0.481 e. The van der Waals surface area contributed by atoms with Gasteiger partial charge in [0.05, 0.1) is 0 Å². The van der Waals surface area contributed by atoms with Crippen molar-refractivity contribution in [3.8, 4) is 0 Å². The molecule has 2 heterocycles. The van der Waals surface area contributed by atoms with Crippen LogP contribution < -0.4 is 0 Å². The predicted octanol–water partition coefficient (Wildman–Crippen LogP) is 2.58. The van der Waals surface area contributed by atoms with Crippen LogP contribution in [0.2, 0.25) is 0 Å². The second kappa shape index (κ2) is 8.63. The minimum atomic E-state index is -0.661. The number of unbranched alkanes of at least 4 members (excludes halogenated alkanes) is 1.